The molecule has 0 bridgehead atoms. The van der Waals surface area contributed by atoms with Gasteiger partial charge in [-0.1, -0.05) is 44.2 Å². The summed E-state index contributed by atoms with van der Waals surface area (Å²) in [4.78, 5) is 17.0. The molecule has 3 aromatic rings. The number of hydrogen-bond acceptors (Lipinski definition) is 3. The SMILES string of the molecule is CC(C)Cc1c(O)n(Cc2ccccc2)c(=O)n1CCCn1ccnc1. The van der Waals surface area contributed by atoms with Crippen LogP contribution in [0.4, 0.5) is 0 Å². The Hall–Kier alpha value is -2.76. The van der Waals surface area contributed by atoms with E-state index >= 15 is 0 Å². The van der Waals surface area contributed by atoms with Crippen LogP contribution in [0, 0.1) is 5.92 Å². The zero-order valence-corrected chi connectivity index (χ0v) is 15.4. The molecular weight excluding hydrogens is 328 g/mol. The van der Waals surface area contributed by atoms with E-state index in [0.717, 1.165) is 24.2 Å². The van der Waals surface area contributed by atoms with Gasteiger partial charge in [0.05, 0.1) is 18.6 Å². The Morgan fingerprint density at radius 2 is 1.88 bits per heavy atom. The number of aromatic hydroxyl groups is 1. The molecule has 0 spiro atoms. The molecule has 2 heterocycles. The van der Waals surface area contributed by atoms with Gasteiger partial charge in [0.25, 0.3) is 0 Å². The van der Waals surface area contributed by atoms with Crippen LogP contribution in [0.15, 0.2) is 53.8 Å². The quantitative estimate of drug-likeness (QED) is 0.676. The highest BCUT2D eigenvalue weighted by Crippen LogP contribution is 2.21. The molecule has 0 amide bonds. The summed E-state index contributed by atoms with van der Waals surface area (Å²) < 4.78 is 5.20. The van der Waals surface area contributed by atoms with Crippen molar-refractivity contribution in [3.63, 3.8) is 0 Å². The highest BCUT2D eigenvalue weighted by atomic mass is 16.3. The fourth-order valence-corrected chi connectivity index (χ4v) is 3.19. The van der Waals surface area contributed by atoms with E-state index in [1.165, 1.54) is 4.57 Å². The van der Waals surface area contributed by atoms with Crippen LogP contribution in [-0.4, -0.2) is 23.8 Å². The average Bonchev–Trinajstić information content (AvgIpc) is 3.21. The minimum Gasteiger partial charge on any atom is -0.493 e. The van der Waals surface area contributed by atoms with Gasteiger partial charge in [0.15, 0.2) is 0 Å². The Balaban J connectivity index is 1.85. The highest BCUT2D eigenvalue weighted by Gasteiger charge is 2.20. The van der Waals surface area contributed by atoms with Crippen LogP contribution < -0.4 is 5.69 Å². The zero-order valence-electron chi connectivity index (χ0n) is 15.4. The summed E-state index contributed by atoms with van der Waals surface area (Å²) in [6.45, 7) is 5.93. The Labute approximate surface area is 153 Å². The molecule has 0 saturated carbocycles. The third-order valence-electron chi connectivity index (χ3n) is 4.44. The van der Waals surface area contributed by atoms with Crippen molar-refractivity contribution in [1.82, 2.24) is 18.7 Å². The molecule has 1 aromatic carbocycles. The third kappa shape index (κ3) is 4.07. The number of aryl methyl sites for hydroxylation is 1. The van der Waals surface area contributed by atoms with Crippen LogP contribution in [0.5, 0.6) is 5.88 Å². The molecule has 0 fully saturated rings. The van der Waals surface area contributed by atoms with E-state index < -0.39 is 0 Å². The first-order valence-corrected chi connectivity index (χ1v) is 9.07. The third-order valence-corrected chi connectivity index (χ3v) is 4.44. The Bertz CT molecular complexity index is 877. The second kappa shape index (κ2) is 8.08. The second-order valence-corrected chi connectivity index (χ2v) is 7.03. The van der Waals surface area contributed by atoms with E-state index in [2.05, 4.69) is 18.8 Å². The van der Waals surface area contributed by atoms with Crippen LogP contribution in [0.3, 0.4) is 0 Å². The lowest BCUT2D eigenvalue weighted by atomic mass is 10.1. The lowest BCUT2D eigenvalue weighted by Gasteiger charge is -2.09. The van der Waals surface area contributed by atoms with Gasteiger partial charge in [0.1, 0.15) is 0 Å². The van der Waals surface area contributed by atoms with Crippen molar-refractivity contribution < 1.29 is 5.11 Å². The molecule has 0 saturated heterocycles. The fourth-order valence-electron chi connectivity index (χ4n) is 3.19. The maximum atomic E-state index is 12.9. The monoisotopic (exact) mass is 354 g/mol. The van der Waals surface area contributed by atoms with E-state index in [4.69, 9.17) is 0 Å². The largest absolute Gasteiger partial charge is 0.493 e. The van der Waals surface area contributed by atoms with Gasteiger partial charge < -0.3 is 9.67 Å². The van der Waals surface area contributed by atoms with Crippen molar-refractivity contribution >= 4 is 0 Å². The van der Waals surface area contributed by atoms with Crippen LogP contribution in [-0.2, 0) is 26.1 Å². The normalized spacial score (nSPS) is 11.3. The molecule has 0 aliphatic heterocycles. The topological polar surface area (TPSA) is 65.0 Å². The van der Waals surface area contributed by atoms with Gasteiger partial charge in [0, 0.05) is 25.5 Å². The van der Waals surface area contributed by atoms with E-state index in [9.17, 15) is 9.90 Å². The number of imidazole rings is 2. The van der Waals surface area contributed by atoms with Crippen molar-refractivity contribution in [2.45, 2.75) is 46.3 Å². The maximum Gasteiger partial charge on any atom is 0.331 e. The Kier molecular flexibility index (Phi) is 5.61. The van der Waals surface area contributed by atoms with Crippen molar-refractivity contribution in [2.24, 2.45) is 5.92 Å². The van der Waals surface area contributed by atoms with Crippen molar-refractivity contribution in [3.8, 4) is 5.88 Å². The summed E-state index contributed by atoms with van der Waals surface area (Å²) in [7, 11) is 0. The van der Waals surface area contributed by atoms with Gasteiger partial charge in [-0.2, -0.15) is 0 Å². The van der Waals surface area contributed by atoms with Gasteiger partial charge in [-0.15, -0.1) is 0 Å². The molecule has 0 atom stereocenters. The molecule has 3 rings (SSSR count). The maximum absolute atomic E-state index is 12.9. The minimum absolute atomic E-state index is 0.0928. The number of nitrogens with zero attached hydrogens (tertiary/aromatic N) is 4. The molecular formula is C20H26N4O2. The summed E-state index contributed by atoms with van der Waals surface area (Å²) in [5.74, 6) is 0.447. The number of hydrogen-bond donors (Lipinski definition) is 1. The molecule has 1 N–H and O–H groups in total. The van der Waals surface area contributed by atoms with Gasteiger partial charge in [-0.05, 0) is 24.3 Å². The molecule has 26 heavy (non-hydrogen) atoms. The molecule has 0 aliphatic carbocycles. The summed E-state index contributed by atoms with van der Waals surface area (Å²) in [6, 6.07) is 9.75. The summed E-state index contributed by atoms with van der Waals surface area (Å²) in [6.07, 6.45) is 6.91. The van der Waals surface area contributed by atoms with Crippen LogP contribution in [0.2, 0.25) is 0 Å². The molecule has 138 valence electrons. The molecule has 0 aliphatic rings. The van der Waals surface area contributed by atoms with E-state index in [1.807, 2.05) is 41.1 Å². The fraction of sp³-hybridized carbons (Fsp3) is 0.400. The van der Waals surface area contributed by atoms with Crippen molar-refractivity contribution in [2.75, 3.05) is 0 Å². The predicted octanol–water partition coefficient (Wildman–Crippen LogP) is 2.89. The first-order chi connectivity index (χ1) is 12.6. The second-order valence-electron chi connectivity index (χ2n) is 7.03. The first-order valence-electron chi connectivity index (χ1n) is 9.07. The van der Waals surface area contributed by atoms with Crippen LogP contribution in [0.25, 0.3) is 0 Å². The van der Waals surface area contributed by atoms with Gasteiger partial charge >= 0.3 is 5.69 Å². The van der Waals surface area contributed by atoms with Crippen molar-refractivity contribution in [1.29, 1.82) is 0 Å². The van der Waals surface area contributed by atoms with Gasteiger partial charge in [-0.3, -0.25) is 9.13 Å². The molecule has 6 nitrogen and oxygen atoms in total. The van der Waals surface area contributed by atoms with E-state index in [-0.39, 0.29) is 11.6 Å². The van der Waals surface area contributed by atoms with Crippen LogP contribution >= 0.6 is 0 Å². The molecule has 2 aromatic heterocycles. The smallest absolute Gasteiger partial charge is 0.331 e. The van der Waals surface area contributed by atoms with Crippen LogP contribution in [0.1, 0.15) is 31.5 Å². The van der Waals surface area contributed by atoms with Crippen molar-refractivity contribution in [3.05, 3.63) is 70.8 Å². The highest BCUT2D eigenvalue weighted by molar-refractivity contribution is 5.24. The number of rotatable bonds is 8. The molecule has 6 heteroatoms. The Morgan fingerprint density at radius 1 is 1.12 bits per heavy atom. The average molecular weight is 354 g/mol. The summed E-state index contributed by atoms with van der Waals surface area (Å²) in [5, 5.41) is 10.7. The lowest BCUT2D eigenvalue weighted by Crippen LogP contribution is -2.26. The standard InChI is InChI=1S/C20H26N4O2/c1-16(2)13-18-19(25)24(14-17-7-4-3-5-8-17)20(26)23(18)11-6-10-22-12-9-21-15-22/h3-5,7-9,12,15-16,25H,6,10-11,13-14H2,1-2H3. The molecule has 0 unspecified atom stereocenters. The van der Waals surface area contributed by atoms with E-state index in [1.54, 1.807) is 17.1 Å². The van der Waals surface area contributed by atoms with E-state index in [0.29, 0.717) is 25.4 Å². The lowest BCUT2D eigenvalue weighted by molar-refractivity contribution is 0.411. The number of aromatic nitrogens is 4. The summed E-state index contributed by atoms with van der Waals surface area (Å²) >= 11 is 0. The molecule has 0 radical (unpaired) electrons. The number of benzene rings is 1. The summed E-state index contributed by atoms with van der Waals surface area (Å²) in [5.41, 5.74) is 1.58. The zero-order chi connectivity index (χ0) is 18.5. The minimum atomic E-state index is -0.146. The predicted molar refractivity (Wildman–Crippen MR) is 101 cm³/mol. The van der Waals surface area contributed by atoms with Gasteiger partial charge in [-0.25, -0.2) is 9.78 Å². The first kappa shape index (κ1) is 18.0. The Morgan fingerprint density at radius 3 is 2.54 bits per heavy atom. The van der Waals surface area contributed by atoms with Gasteiger partial charge in [0.2, 0.25) is 5.88 Å².